The van der Waals surface area contributed by atoms with Crippen molar-refractivity contribution in [3.05, 3.63) is 20.6 Å². The molecule has 0 N–H and O–H groups in total. The van der Waals surface area contributed by atoms with Crippen molar-refractivity contribution in [2.75, 3.05) is 13.2 Å². The Morgan fingerprint density at radius 2 is 2.12 bits per heavy atom. The number of halogens is 4. The van der Waals surface area contributed by atoms with Crippen LogP contribution >= 0.6 is 31.9 Å². The Bertz CT molecular complexity index is 715. The lowest BCUT2D eigenvalue weighted by molar-refractivity contribution is -0.138. The van der Waals surface area contributed by atoms with Gasteiger partial charge in [0.25, 0.3) is 5.69 Å². The summed E-state index contributed by atoms with van der Waals surface area (Å²) in [6.45, 7) is 9.34. The van der Waals surface area contributed by atoms with Gasteiger partial charge in [-0.05, 0) is 59.1 Å². The van der Waals surface area contributed by atoms with E-state index in [1.54, 1.807) is 25.5 Å². The molecule has 11 heteroatoms. The molecule has 26 heavy (non-hydrogen) atoms. The number of hydrogen-bond donors (Lipinski definition) is 0. The van der Waals surface area contributed by atoms with Crippen LogP contribution in [-0.4, -0.2) is 52.2 Å². The maximum absolute atomic E-state index is 12.5. The van der Waals surface area contributed by atoms with Crippen LogP contribution in [-0.2, 0) is 9.47 Å². The van der Waals surface area contributed by atoms with Gasteiger partial charge in [-0.2, -0.15) is 13.9 Å². The van der Waals surface area contributed by atoms with Crippen LogP contribution < -0.4 is 0 Å². The molecule has 0 radical (unpaired) electrons. The lowest BCUT2D eigenvalue weighted by Gasteiger charge is -2.28. The lowest BCUT2D eigenvalue weighted by Crippen LogP contribution is -2.42. The molecule has 1 amide bonds. The van der Waals surface area contributed by atoms with Crippen molar-refractivity contribution in [3.63, 3.8) is 0 Å². The van der Waals surface area contributed by atoms with E-state index in [4.69, 9.17) is 11.3 Å². The molecule has 0 saturated carbocycles. The summed E-state index contributed by atoms with van der Waals surface area (Å²) in [5.74, 6) is 0. The lowest BCUT2D eigenvalue weighted by atomic mass is 10.2. The van der Waals surface area contributed by atoms with Crippen LogP contribution in [0.4, 0.5) is 19.3 Å². The van der Waals surface area contributed by atoms with Crippen LogP contribution in [0.2, 0.25) is 0 Å². The van der Waals surface area contributed by atoms with E-state index in [2.05, 4.69) is 46.5 Å². The van der Waals surface area contributed by atoms with Crippen LogP contribution in [0.25, 0.3) is 4.85 Å². The first-order chi connectivity index (χ1) is 12.0. The number of nitrogens with zero attached hydrogens (tertiary/aromatic N) is 4. The molecule has 1 aromatic rings. The zero-order valence-corrected chi connectivity index (χ0v) is 17.6. The first kappa shape index (κ1) is 21.1. The molecule has 1 aliphatic heterocycles. The van der Waals surface area contributed by atoms with Crippen molar-refractivity contribution in [2.24, 2.45) is 0 Å². The smallest absolute Gasteiger partial charge is 0.410 e. The van der Waals surface area contributed by atoms with Gasteiger partial charge in [0.05, 0.1) is 25.3 Å². The average Bonchev–Trinajstić information content (AvgIpc) is 3.04. The molecule has 1 fully saturated rings. The fourth-order valence-corrected chi connectivity index (χ4v) is 4.03. The van der Waals surface area contributed by atoms with Gasteiger partial charge in [-0.3, -0.25) is 4.68 Å². The molecule has 0 bridgehead atoms. The minimum Gasteiger partial charge on any atom is -0.444 e. The van der Waals surface area contributed by atoms with Gasteiger partial charge in [-0.1, -0.05) is 0 Å². The van der Waals surface area contributed by atoms with Crippen molar-refractivity contribution in [1.29, 1.82) is 0 Å². The Morgan fingerprint density at radius 1 is 1.46 bits per heavy atom. The quantitative estimate of drug-likeness (QED) is 0.561. The Morgan fingerprint density at radius 3 is 2.62 bits per heavy atom. The number of rotatable bonds is 4. The molecule has 2 heterocycles. The van der Waals surface area contributed by atoms with Crippen LogP contribution in [0.3, 0.4) is 0 Å². The highest BCUT2D eigenvalue weighted by Crippen LogP contribution is 2.38. The van der Waals surface area contributed by atoms with Gasteiger partial charge in [0.1, 0.15) is 14.8 Å². The summed E-state index contributed by atoms with van der Waals surface area (Å²) in [4.78, 5) is 17.2. The summed E-state index contributed by atoms with van der Waals surface area (Å²) in [7, 11) is 0. The monoisotopic (exact) mass is 498 g/mol. The summed E-state index contributed by atoms with van der Waals surface area (Å²) in [6, 6.07) is -0.898. The third kappa shape index (κ3) is 4.92. The standard InChI is InChI=1S/C15H18Br2F2N4O3/c1-15(2,3)26-14(24)22-6-8(5-9(22)7-25-13(18)19)23-12(17)10(20-4)11(16)21-23/h8-9,13H,5-7H2,1-3H3/t8-,9+/m0/s1. The van der Waals surface area contributed by atoms with Crippen LogP contribution in [0, 0.1) is 6.57 Å². The van der Waals surface area contributed by atoms with Crippen molar-refractivity contribution in [3.8, 4) is 0 Å². The van der Waals surface area contributed by atoms with E-state index >= 15 is 0 Å². The third-order valence-electron chi connectivity index (χ3n) is 3.68. The predicted molar refractivity (Wildman–Crippen MR) is 96.2 cm³/mol. The molecule has 2 rings (SSSR count). The number of aromatic nitrogens is 2. The zero-order chi connectivity index (χ0) is 19.6. The van der Waals surface area contributed by atoms with Gasteiger partial charge >= 0.3 is 12.7 Å². The molecule has 144 valence electrons. The molecule has 2 atom stereocenters. The second-order valence-electron chi connectivity index (χ2n) is 6.76. The first-order valence-electron chi connectivity index (χ1n) is 7.73. The average molecular weight is 500 g/mol. The second-order valence-corrected chi connectivity index (χ2v) is 8.26. The third-order valence-corrected chi connectivity index (χ3v) is 4.95. The Balaban J connectivity index is 2.24. The number of amides is 1. The summed E-state index contributed by atoms with van der Waals surface area (Å²) >= 11 is 6.55. The largest absolute Gasteiger partial charge is 0.444 e. The van der Waals surface area contributed by atoms with E-state index in [9.17, 15) is 13.6 Å². The molecule has 0 aromatic carbocycles. The van der Waals surface area contributed by atoms with Gasteiger partial charge in [-0.25, -0.2) is 9.64 Å². The van der Waals surface area contributed by atoms with Gasteiger partial charge in [0, 0.05) is 6.54 Å². The fourth-order valence-electron chi connectivity index (χ4n) is 2.67. The number of ether oxygens (including phenoxy) is 2. The van der Waals surface area contributed by atoms with Gasteiger partial charge in [0.15, 0.2) is 0 Å². The van der Waals surface area contributed by atoms with Crippen LogP contribution in [0.15, 0.2) is 9.21 Å². The fraction of sp³-hybridized carbons (Fsp3) is 0.667. The summed E-state index contributed by atoms with van der Waals surface area (Å²) < 4.78 is 37.1. The highest BCUT2D eigenvalue weighted by Gasteiger charge is 2.40. The number of carbonyl (C=O) groups excluding carboxylic acids is 1. The van der Waals surface area contributed by atoms with E-state index in [0.717, 1.165) is 0 Å². The highest BCUT2D eigenvalue weighted by molar-refractivity contribution is 9.11. The Kier molecular flexibility index (Phi) is 6.63. The molecular weight excluding hydrogens is 482 g/mol. The van der Waals surface area contributed by atoms with E-state index in [-0.39, 0.29) is 19.2 Å². The van der Waals surface area contributed by atoms with Crippen molar-refractivity contribution >= 4 is 43.6 Å². The summed E-state index contributed by atoms with van der Waals surface area (Å²) in [6.07, 6.45) is -0.258. The zero-order valence-electron chi connectivity index (χ0n) is 14.4. The maximum Gasteiger partial charge on any atom is 0.410 e. The second kappa shape index (κ2) is 8.19. The van der Waals surface area contributed by atoms with Crippen molar-refractivity contribution < 1.29 is 23.0 Å². The molecule has 7 nitrogen and oxygen atoms in total. The van der Waals surface area contributed by atoms with E-state index in [1.807, 2.05) is 0 Å². The maximum atomic E-state index is 12.5. The van der Waals surface area contributed by atoms with Crippen molar-refractivity contribution in [2.45, 2.75) is 51.5 Å². The summed E-state index contributed by atoms with van der Waals surface area (Å²) in [5, 5.41) is 4.27. The van der Waals surface area contributed by atoms with Gasteiger partial charge in [0.2, 0.25) is 0 Å². The Hall–Kier alpha value is -1.25. The van der Waals surface area contributed by atoms with E-state index in [0.29, 0.717) is 21.3 Å². The minimum atomic E-state index is -2.92. The molecule has 0 spiro atoms. The van der Waals surface area contributed by atoms with Crippen LogP contribution in [0.1, 0.15) is 33.2 Å². The molecule has 1 saturated heterocycles. The van der Waals surface area contributed by atoms with Crippen molar-refractivity contribution in [1.82, 2.24) is 14.7 Å². The number of carbonyl (C=O) groups is 1. The van der Waals surface area contributed by atoms with E-state index in [1.165, 1.54) is 4.90 Å². The molecular formula is C15H18Br2F2N4O3. The molecule has 1 aliphatic rings. The number of alkyl halides is 2. The summed E-state index contributed by atoms with van der Waals surface area (Å²) in [5.41, 5.74) is -0.406. The molecule has 0 unspecified atom stereocenters. The molecule has 1 aromatic heterocycles. The van der Waals surface area contributed by atoms with E-state index < -0.39 is 24.3 Å². The normalized spacial score (nSPS) is 20.5. The minimum absolute atomic E-state index is 0.205. The SMILES string of the molecule is [C-]#[N+]c1c(Br)nn([C@H]2C[C@H](COC(F)F)N(C(=O)OC(C)(C)C)C2)c1Br. The predicted octanol–water partition coefficient (Wildman–Crippen LogP) is 4.75. The van der Waals surface area contributed by atoms with Gasteiger partial charge in [-0.15, -0.1) is 0 Å². The highest BCUT2D eigenvalue weighted by atomic mass is 79.9. The van der Waals surface area contributed by atoms with Crippen LogP contribution in [0.5, 0.6) is 0 Å². The topological polar surface area (TPSA) is 61.0 Å². The Labute approximate surface area is 166 Å². The van der Waals surface area contributed by atoms with Gasteiger partial charge < -0.3 is 14.4 Å². The number of hydrogen-bond acceptors (Lipinski definition) is 4. The number of likely N-dealkylation sites (tertiary alicyclic amines) is 1. The molecule has 0 aliphatic carbocycles. The first-order valence-corrected chi connectivity index (χ1v) is 9.32.